The number of fused-ring (bicyclic) bond motifs is 1. The van der Waals surface area contributed by atoms with Gasteiger partial charge in [-0.05, 0) is 29.0 Å². The molecule has 0 aliphatic carbocycles. The molecule has 0 fully saturated rings. The average Bonchev–Trinajstić information content (AvgIpc) is 3.25. The van der Waals surface area contributed by atoms with Gasteiger partial charge in [-0.2, -0.15) is 11.3 Å². The molecule has 3 nitrogen and oxygen atoms in total. The molecule has 0 bridgehead atoms. The van der Waals surface area contributed by atoms with Crippen LogP contribution in [0, 0.1) is 0 Å². The first-order valence-electron chi connectivity index (χ1n) is 8.37. The summed E-state index contributed by atoms with van der Waals surface area (Å²) in [5.41, 5.74) is 3.88. The van der Waals surface area contributed by atoms with Crippen molar-refractivity contribution in [3.05, 3.63) is 57.1 Å². The van der Waals surface area contributed by atoms with Gasteiger partial charge in [0.2, 0.25) is 0 Å². The number of aromatic nitrogens is 2. The van der Waals surface area contributed by atoms with Gasteiger partial charge in [0.1, 0.15) is 5.82 Å². The lowest BCUT2D eigenvalue weighted by atomic mass is 10.1. The average molecular weight is 356 g/mol. The summed E-state index contributed by atoms with van der Waals surface area (Å²) in [5, 5.41) is 4.36. The summed E-state index contributed by atoms with van der Waals surface area (Å²) in [4.78, 5) is 14.6. The molecule has 0 spiro atoms. The molecule has 0 amide bonds. The molecular formula is C19H21N3S2. The van der Waals surface area contributed by atoms with E-state index in [1.807, 2.05) is 17.5 Å². The zero-order valence-electron chi connectivity index (χ0n) is 14.0. The number of thiophene rings is 2. The third-order valence-electron chi connectivity index (χ3n) is 4.39. The van der Waals surface area contributed by atoms with Crippen molar-refractivity contribution in [2.45, 2.75) is 39.3 Å². The molecule has 3 aromatic rings. The van der Waals surface area contributed by atoms with E-state index < -0.39 is 0 Å². The second kappa shape index (κ2) is 6.75. The molecular weight excluding hydrogens is 334 g/mol. The van der Waals surface area contributed by atoms with Crippen molar-refractivity contribution in [1.82, 2.24) is 14.9 Å². The highest BCUT2D eigenvalue weighted by Crippen LogP contribution is 2.31. The quantitative estimate of drug-likeness (QED) is 0.663. The van der Waals surface area contributed by atoms with E-state index in [0.29, 0.717) is 5.92 Å². The number of nitrogens with zero attached hydrogens (tertiary/aromatic N) is 3. The molecule has 4 rings (SSSR count). The smallest absolute Gasteiger partial charge is 0.131 e. The topological polar surface area (TPSA) is 29.0 Å². The van der Waals surface area contributed by atoms with Crippen LogP contribution in [0.2, 0.25) is 0 Å². The molecule has 0 radical (unpaired) electrons. The van der Waals surface area contributed by atoms with Crippen LogP contribution in [0.3, 0.4) is 0 Å². The lowest BCUT2D eigenvalue weighted by molar-refractivity contribution is 0.244. The van der Waals surface area contributed by atoms with Gasteiger partial charge in [0.25, 0.3) is 0 Å². The van der Waals surface area contributed by atoms with Crippen molar-refractivity contribution in [3.8, 4) is 10.4 Å². The molecule has 5 heteroatoms. The van der Waals surface area contributed by atoms with Crippen LogP contribution < -0.4 is 0 Å². The maximum atomic E-state index is 4.76. The molecule has 1 aliphatic rings. The number of rotatable bonds is 4. The van der Waals surface area contributed by atoms with Crippen LogP contribution in [0.15, 0.2) is 35.2 Å². The van der Waals surface area contributed by atoms with Crippen LogP contribution >= 0.6 is 22.7 Å². The Balaban J connectivity index is 1.45. The van der Waals surface area contributed by atoms with Crippen LogP contribution in [0.4, 0.5) is 0 Å². The second-order valence-corrected chi connectivity index (χ2v) is 8.54. The second-order valence-electron chi connectivity index (χ2n) is 6.59. The first-order chi connectivity index (χ1) is 11.7. The Morgan fingerprint density at radius 1 is 1.25 bits per heavy atom. The molecule has 0 saturated heterocycles. The van der Waals surface area contributed by atoms with E-state index in [1.54, 1.807) is 11.3 Å². The van der Waals surface area contributed by atoms with E-state index in [0.717, 1.165) is 31.9 Å². The normalized spacial score (nSPS) is 15.0. The van der Waals surface area contributed by atoms with Gasteiger partial charge in [-0.25, -0.2) is 9.97 Å². The van der Waals surface area contributed by atoms with Crippen LogP contribution in [-0.4, -0.2) is 21.4 Å². The highest BCUT2D eigenvalue weighted by molar-refractivity contribution is 7.16. The van der Waals surface area contributed by atoms with Crippen molar-refractivity contribution < 1.29 is 0 Å². The summed E-state index contributed by atoms with van der Waals surface area (Å²) in [7, 11) is 0. The molecule has 0 saturated carbocycles. The lowest BCUT2D eigenvalue weighted by Crippen LogP contribution is -2.30. The molecule has 124 valence electrons. The lowest BCUT2D eigenvalue weighted by Gasteiger charge is -2.27. The number of hydrogen-bond acceptors (Lipinski definition) is 5. The molecule has 0 N–H and O–H groups in total. The summed E-state index contributed by atoms with van der Waals surface area (Å²) >= 11 is 3.66. The molecule has 0 unspecified atom stereocenters. The summed E-state index contributed by atoms with van der Waals surface area (Å²) in [5.74, 6) is 1.37. The van der Waals surface area contributed by atoms with Crippen LogP contribution in [0.5, 0.6) is 0 Å². The SMILES string of the molecule is CC(C)c1ncc2c(n1)CCN(Cc1ccc(-c3ccsc3)s1)C2. The van der Waals surface area contributed by atoms with Crippen LogP contribution in [0.1, 0.15) is 41.7 Å². The van der Waals surface area contributed by atoms with Gasteiger partial charge < -0.3 is 0 Å². The predicted molar refractivity (Wildman–Crippen MR) is 102 cm³/mol. The monoisotopic (exact) mass is 355 g/mol. The first-order valence-corrected chi connectivity index (χ1v) is 10.1. The molecule has 24 heavy (non-hydrogen) atoms. The zero-order chi connectivity index (χ0) is 16.5. The van der Waals surface area contributed by atoms with Crippen LogP contribution in [0.25, 0.3) is 10.4 Å². The fraction of sp³-hybridized carbons (Fsp3) is 0.368. The van der Waals surface area contributed by atoms with Crippen molar-refractivity contribution in [2.24, 2.45) is 0 Å². The number of hydrogen-bond donors (Lipinski definition) is 0. The van der Waals surface area contributed by atoms with Gasteiger partial charge in [0, 0.05) is 64.7 Å². The zero-order valence-corrected chi connectivity index (χ0v) is 15.7. The Morgan fingerprint density at radius 2 is 2.17 bits per heavy atom. The maximum absolute atomic E-state index is 4.76. The summed E-state index contributed by atoms with van der Waals surface area (Å²) in [6, 6.07) is 6.71. The Hall–Kier alpha value is -1.56. The minimum absolute atomic E-state index is 0.398. The molecule has 0 atom stereocenters. The highest BCUT2D eigenvalue weighted by Gasteiger charge is 2.19. The Kier molecular flexibility index (Phi) is 4.48. The van der Waals surface area contributed by atoms with Crippen molar-refractivity contribution in [1.29, 1.82) is 0 Å². The molecule has 1 aliphatic heterocycles. The fourth-order valence-electron chi connectivity index (χ4n) is 3.05. The highest BCUT2D eigenvalue weighted by atomic mass is 32.1. The Bertz CT molecular complexity index is 821. The first kappa shape index (κ1) is 15.9. The van der Waals surface area contributed by atoms with E-state index >= 15 is 0 Å². The van der Waals surface area contributed by atoms with Crippen molar-refractivity contribution >= 4 is 22.7 Å². The van der Waals surface area contributed by atoms with E-state index in [9.17, 15) is 0 Å². The fourth-order valence-corrected chi connectivity index (χ4v) is 4.82. The Labute approximate surface area is 151 Å². The maximum Gasteiger partial charge on any atom is 0.131 e. The van der Waals surface area contributed by atoms with Gasteiger partial charge in [-0.15, -0.1) is 11.3 Å². The van der Waals surface area contributed by atoms with Gasteiger partial charge in [-0.1, -0.05) is 13.8 Å². The third kappa shape index (κ3) is 3.29. The van der Waals surface area contributed by atoms with Gasteiger partial charge in [-0.3, -0.25) is 4.90 Å². The van der Waals surface area contributed by atoms with Crippen molar-refractivity contribution in [2.75, 3.05) is 6.54 Å². The minimum atomic E-state index is 0.398. The molecule has 3 aromatic heterocycles. The third-order valence-corrected chi connectivity index (χ3v) is 6.20. The predicted octanol–water partition coefficient (Wildman–Crippen LogP) is 4.95. The summed E-state index contributed by atoms with van der Waals surface area (Å²) < 4.78 is 0. The Morgan fingerprint density at radius 3 is 2.96 bits per heavy atom. The summed E-state index contributed by atoms with van der Waals surface area (Å²) in [6.45, 7) is 7.35. The largest absolute Gasteiger partial charge is 0.293 e. The standard InChI is InChI=1S/C19H21N3S2/c1-13(2)19-20-9-15-10-22(7-5-17(15)21-19)11-16-3-4-18(24-16)14-6-8-23-12-14/h3-4,6,8-9,12-13H,5,7,10-11H2,1-2H3. The van der Waals surface area contributed by atoms with E-state index in [1.165, 1.54) is 26.6 Å². The molecule has 0 aromatic carbocycles. The minimum Gasteiger partial charge on any atom is -0.293 e. The van der Waals surface area contributed by atoms with Crippen LogP contribution in [-0.2, 0) is 19.5 Å². The van der Waals surface area contributed by atoms with E-state index in [-0.39, 0.29) is 0 Å². The van der Waals surface area contributed by atoms with Gasteiger partial charge >= 0.3 is 0 Å². The summed E-state index contributed by atoms with van der Waals surface area (Å²) in [6.07, 6.45) is 3.06. The van der Waals surface area contributed by atoms with E-state index in [4.69, 9.17) is 4.98 Å². The van der Waals surface area contributed by atoms with E-state index in [2.05, 4.69) is 52.7 Å². The van der Waals surface area contributed by atoms with Gasteiger partial charge in [0.05, 0.1) is 0 Å². The van der Waals surface area contributed by atoms with Crippen molar-refractivity contribution in [3.63, 3.8) is 0 Å². The molecule has 4 heterocycles. The van der Waals surface area contributed by atoms with Gasteiger partial charge in [0.15, 0.2) is 0 Å².